The fraction of sp³-hybridized carbons (Fsp3) is 0.176. The maximum absolute atomic E-state index is 12.3. The number of nitrogens with one attached hydrogen (secondary N) is 1. The van der Waals surface area contributed by atoms with Crippen molar-refractivity contribution in [2.24, 2.45) is 0 Å². The van der Waals surface area contributed by atoms with Gasteiger partial charge in [0.15, 0.2) is 0 Å². The lowest BCUT2D eigenvalue weighted by Crippen LogP contribution is -2.38. The number of likely N-dealkylation sites (N-methyl/N-ethyl adjacent to an activating group) is 1. The van der Waals surface area contributed by atoms with Gasteiger partial charge in [-0.15, -0.1) is 16.4 Å². The summed E-state index contributed by atoms with van der Waals surface area (Å²) in [6.07, 6.45) is 0. The summed E-state index contributed by atoms with van der Waals surface area (Å²) in [4.78, 5) is 38.1. The Morgan fingerprint density at radius 3 is 2.78 bits per heavy atom. The molecule has 2 aromatic heterocycles. The lowest BCUT2D eigenvalue weighted by Gasteiger charge is -2.16. The predicted octanol–water partition coefficient (Wildman–Crippen LogP) is 2.32. The Morgan fingerprint density at radius 1 is 1.30 bits per heavy atom. The fourth-order valence-corrected chi connectivity index (χ4v) is 3.04. The normalized spacial score (nSPS) is 10.6. The van der Waals surface area contributed by atoms with Crippen LogP contribution in [0.4, 0.5) is 5.69 Å². The number of halogens is 1. The Bertz CT molecular complexity index is 1010. The van der Waals surface area contributed by atoms with Crippen molar-refractivity contribution in [1.82, 2.24) is 14.7 Å². The molecule has 0 aliphatic rings. The molecule has 2 amide bonds. The average molecular weight is 407 g/mol. The van der Waals surface area contributed by atoms with Crippen LogP contribution in [0.1, 0.15) is 0 Å². The van der Waals surface area contributed by atoms with Crippen LogP contribution in [0.15, 0.2) is 51.0 Å². The van der Waals surface area contributed by atoms with Gasteiger partial charge < -0.3 is 14.6 Å². The van der Waals surface area contributed by atoms with E-state index in [4.69, 9.17) is 16.0 Å². The fourth-order valence-electron chi connectivity index (χ4n) is 2.21. The number of aromatic nitrogens is 2. The van der Waals surface area contributed by atoms with E-state index in [1.165, 1.54) is 23.3 Å². The first-order chi connectivity index (χ1) is 12.9. The number of anilines is 1. The number of thiophene rings is 1. The van der Waals surface area contributed by atoms with Gasteiger partial charge in [0.1, 0.15) is 6.54 Å². The van der Waals surface area contributed by atoms with Crippen molar-refractivity contribution in [2.45, 2.75) is 6.54 Å². The molecule has 0 fully saturated rings. The molecule has 8 nitrogen and oxygen atoms in total. The molecular formula is C17H15ClN4O4S. The Hall–Kier alpha value is -2.91. The van der Waals surface area contributed by atoms with Gasteiger partial charge in [-0.05, 0) is 23.6 Å². The molecule has 3 aromatic rings. The minimum Gasteiger partial charge on any atom is -0.387 e. The minimum atomic E-state index is -0.735. The summed E-state index contributed by atoms with van der Waals surface area (Å²) >= 11 is 7.35. The summed E-state index contributed by atoms with van der Waals surface area (Å²) in [5.74, 6) is -1.45. The first kappa shape index (κ1) is 18.9. The van der Waals surface area contributed by atoms with E-state index in [1.807, 2.05) is 5.38 Å². The molecule has 1 N–H and O–H groups in total. The maximum Gasteiger partial charge on any atom is 0.437 e. The SMILES string of the molecule is CN(CC(=O)Nc1ccccc1Cl)C(=O)Cn1nc(-c2cccs2)oc1=O. The predicted molar refractivity (Wildman–Crippen MR) is 102 cm³/mol. The van der Waals surface area contributed by atoms with Crippen LogP contribution in [0.3, 0.4) is 0 Å². The van der Waals surface area contributed by atoms with Gasteiger partial charge in [0.25, 0.3) is 5.89 Å². The highest BCUT2D eigenvalue weighted by Crippen LogP contribution is 2.21. The van der Waals surface area contributed by atoms with Gasteiger partial charge in [-0.25, -0.2) is 4.79 Å². The van der Waals surface area contributed by atoms with Crippen LogP contribution < -0.4 is 11.1 Å². The van der Waals surface area contributed by atoms with E-state index in [1.54, 1.807) is 36.4 Å². The van der Waals surface area contributed by atoms with E-state index < -0.39 is 17.6 Å². The quantitative estimate of drug-likeness (QED) is 0.677. The van der Waals surface area contributed by atoms with E-state index >= 15 is 0 Å². The number of amides is 2. The summed E-state index contributed by atoms with van der Waals surface area (Å²) in [6.45, 7) is -0.530. The molecule has 10 heteroatoms. The van der Waals surface area contributed by atoms with Gasteiger partial charge >= 0.3 is 5.76 Å². The number of benzene rings is 1. The largest absolute Gasteiger partial charge is 0.437 e. The number of para-hydroxylation sites is 1. The lowest BCUT2D eigenvalue weighted by atomic mass is 10.3. The summed E-state index contributed by atoms with van der Waals surface area (Å²) in [7, 11) is 1.46. The molecule has 3 rings (SSSR count). The minimum absolute atomic E-state index is 0.155. The third-order valence-corrected chi connectivity index (χ3v) is 4.77. The van der Waals surface area contributed by atoms with Gasteiger partial charge in [-0.2, -0.15) is 4.68 Å². The van der Waals surface area contributed by atoms with E-state index in [-0.39, 0.29) is 19.0 Å². The second kappa shape index (κ2) is 8.19. The van der Waals surface area contributed by atoms with Crippen molar-refractivity contribution >= 4 is 40.4 Å². The number of carbonyl (C=O) groups excluding carboxylic acids is 2. The summed E-state index contributed by atoms with van der Waals surface area (Å²) in [6, 6.07) is 10.3. The van der Waals surface area contributed by atoms with Crippen LogP contribution in [0, 0.1) is 0 Å². The number of hydrogen-bond donors (Lipinski definition) is 1. The van der Waals surface area contributed by atoms with Crippen LogP contribution in [-0.2, 0) is 16.1 Å². The van der Waals surface area contributed by atoms with Crippen molar-refractivity contribution < 1.29 is 14.0 Å². The first-order valence-electron chi connectivity index (χ1n) is 7.84. The second-order valence-electron chi connectivity index (χ2n) is 5.59. The van der Waals surface area contributed by atoms with E-state index in [2.05, 4.69) is 10.4 Å². The van der Waals surface area contributed by atoms with Crippen LogP contribution in [-0.4, -0.2) is 40.1 Å². The zero-order valence-electron chi connectivity index (χ0n) is 14.2. The Labute approximate surface area is 163 Å². The number of hydrogen-bond acceptors (Lipinski definition) is 6. The molecule has 0 atom stereocenters. The highest BCUT2D eigenvalue weighted by Gasteiger charge is 2.18. The Balaban J connectivity index is 1.60. The molecule has 2 heterocycles. The monoisotopic (exact) mass is 406 g/mol. The van der Waals surface area contributed by atoms with Crippen LogP contribution in [0.5, 0.6) is 0 Å². The van der Waals surface area contributed by atoms with E-state index in [0.29, 0.717) is 15.6 Å². The highest BCUT2D eigenvalue weighted by atomic mass is 35.5. The molecule has 0 aliphatic heterocycles. The zero-order chi connectivity index (χ0) is 19.4. The summed E-state index contributed by atoms with van der Waals surface area (Å²) < 4.78 is 5.99. The van der Waals surface area contributed by atoms with Crippen molar-refractivity contribution in [3.05, 3.63) is 57.4 Å². The number of nitrogens with zero attached hydrogens (tertiary/aromatic N) is 3. The van der Waals surface area contributed by atoms with Gasteiger partial charge in [-0.3, -0.25) is 9.59 Å². The zero-order valence-corrected chi connectivity index (χ0v) is 15.8. The van der Waals surface area contributed by atoms with E-state index in [0.717, 1.165) is 4.68 Å². The van der Waals surface area contributed by atoms with Crippen molar-refractivity contribution in [2.75, 3.05) is 18.9 Å². The highest BCUT2D eigenvalue weighted by molar-refractivity contribution is 7.13. The van der Waals surface area contributed by atoms with E-state index in [9.17, 15) is 14.4 Å². The van der Waals surface area contributed by atoms with Crippen molar-refractivity contribution in [3.8, 4) is 10.8 Å². The third kappa shape index (κ3) is 4.63. The molecule has 0 saturated carbocycles. The first-order valence-corrected chi connectivity index (χ1v) is 9.10. The van der Waals surface area contributed by atoms with Crippen LogP contribution in [0.25, 0.3) is 10.8 Å². The molecule has 0 unspecified atom stereocenters. The molecule has 0 bridgehead atoms. The molecule has 0 spiro atoms. The van der Waals surface area contributed by atoms with Gasteiger partial charge in [0, 0.05) is 7.05 Å². The second-order valence-corrected chi connectivity index (χ2v) is 6.94. The topological polar surface area (TPSA) is 97.4 Å². The third-order valence-electron chi connectivity index (χ3n) is 3.58. The standard InChI is InChI=1S/C17H15ClN4O4S/c1-21(9-14(23)19-12-6-3-2-5-11(12)18)15(24)10-22-17(25)26-16(20-22)13-7-4-8-27-13/h2-8H,9-10H2,1H3,(H,19,23). The molecule has 1 aromatic carbocycles. The Morgan fingerprint density at radius 2 is 2.07 bits per heavy atom. The molecule has 27 heavy (non-hydrogen) atoms. The molecular weight excluding hydrogens is 392 g/mol. The van der Waals surface area contributed by atoms with Gasteiger partial charge in [-0.1, -0.05) is 29.8 Å². The summed E-state index contributed by atoms with van der Waals surface area (Å²) in [5, 5.41) is 8.87. The molecule has 0 radical (unpaired) electrons. The molecule has 140 valence electrons. The summed E-state index contributed by atoms with van der Waals surface area (Å²) in [5.41, 5.74) is 0.457. The van der Waals surface area contributed by atoms with Gasteiger partial charge in [0.2, 0.25) is 11.8 Å². The average Bonchev–Trinajstić information content (AvgIpc) is 3.27. The smallest absolute Gasteiger partial charge is 0.387 e. The van der Waals surface area contributed by atoms with Crippen molar-refractivity contribution in [1.29, 1.82) is 0 Å². The maximum atomic E-state index is 12.3. The molecule has 0 saturated heterocycles. The molecule has 0 aliphatic carbocycles. The van der Waals surface area contributed by atoms with Crippen LogP contribution in [0.2, 0.25) is 5.02 Å². The number of carbonyl (C=O) groups is 2. The number of rotatable bonds is 6. The lowest BCUT2D eigenvalue weighted by molar-refractivity contribution is -0.134. The Kier molecular flexibility index (Phi) is 5.72. The van der Waals surface area contributed by atoms with Crippen molar-refractivity contribution in [3.63, 3.8) is 0 Å². The van der Waals surface area contributed by atoms with Gasteiger partial charge in [0.05, 0.1) is 22.1 Å². The van der Waals surface area contributed by atoms with Crippen LogP contribution >= 0.6 is 22.9 Å².